The monoisotopic (exact) mass is 500 g/mol. The number of halogens is 7. The minimum atomic E-state index is -5.13. The third kappa shape index (κ3) is 6.91. The summed E-state index contributed by atoms with van der Waals surface area (Å²) in [5, 5.41) is -0.937. The minimum absolute atomic E-state index is 0.0347. The predicted octanol–water partition coefficient (Wildman–Crippen LogP) is 5.81. The number of ether oxygens (including phenoxy) is 4. The summed E-state index contributed by atoms with van der Waals surface area (Å²) in [7, 11) is 1.13. The molecule has 1 atom stereocenters. The van der Waals surface area contributed by atoms with Crippen molar-refractivity contribution in [2.24, 2.45) is 0 Å². The maximum absolute atomic E-state index is 13.3. The van der Waals surface area contributed by atoms with Crippen molar-refractivity contribution in [1.29, 1.82) is 0 Å². The van der Waals surface area contributed by atoms with Gasteiger partial charge in [0.15, 0.2) is 24.2 Å². The molecule has 0 fully saturated rings. The van der Waals surface area contributed by atoms with Gasteiger partial charge in [0.25, 0.3) is 0 Å². The molecule has 6 nitrogen and oxygen atoms in total. The van der Waals surface area contributed by atoms with Crippen LogP contribution in [-0.2, 0) is 20.4 Å². The summed E-state index contributed by atoms with van der Waals surface area (Å²) < 4.78 is 96.5. The van der Waals surface area contributed by atoms with E-state index in [9.17, 15) is 35.9 Å². The van der Waals surface area contributed by atoms with Crippen LogP contribution in [0, 0.1) is 0 Å². The minimum Gasteiger partial charge on any atom is -0.475 e. The molecule has 180 valence electrons. The van der Waals surface area contributed by atoms with Crippen LogP contribution in [0.15, 0.2) is 36.4 Å². The zero-order valence-corrected chi connectivity index (χ0v) is 17.6. The second-order valence-electron chi connectivity index (χ2n) is 6.32. The largest absolute Gasteiger partial charge is 0.475 e. The highest BCUT2D eigenvalue weighted by molar-refractivity contribution is 6.35. The first kappa shape index (κ1) is 26.1. The standard InChI is InChI=1S/C20H15ClF6O6/c1-10(17(28)30-2)32-12-5-3-4-6-13(12)33-14-8-7-11(20(25,26)27)15(16(14)21)18(29)31-9-19(22,23)24/h3-8,10H,9H2,1-2H3. The van der Waals surface area contributed by atoms with Crippen LogP contribution in [-0.4, -0.2) is 37.9 Å². The highest BCUT2D eigenvalue weighted by atomic mass is 35.5. The van der Waals surface area contributed by atoms with Crippen LogP contribution >= 0.6 is 11.6 Å². The van der Waals surface area contributed by atoms with E-state index < -0.39 is 58.9 Å². The van der Waals surface area contributed by atoms with E-state index in [0.29, 0.717) is 6.07 Å². The Morgan fingerprint density at radius 1 is 0.970 bits per heavy atom. The van der Waals surface area contributed by atoms with Gasteiger partial charge in [-0.15, -0.1) is 0 Å². The van der Waals surface area contributed by atoms with Crippen LogP contribution < -0.4 is 9.47 Å². The van der Waals surface area contributed by atoms with E-state index in [1.165, 1.54) is 31.2 Å². The topological polar surface area (TPSA) is 71.1 Å². The van der Waals surface area contributed by atoms with E-state index >= 15 is 0 Å². The van der Waals surface area contributed by atoms with Crippen molar-refractivity contribution in [2.45, 2.75) is 25.4 Å². The van der Waals surface area contributed by atoms with E-state index in [2.05, 4.69) is 9.47 Å². The fourth-order valence-corrected chi connectivity index (χ4v) is 2.73. The van der Waals surface area contributed by atoms with Crippen molar-refractivity contribution in [3.8, 4) is 17.2 Å². The summed E-state index contributed by atoms with van der Waals surface area (Å²) in [5.41, 5.74) is -2.97. The summed E-state index contributed by atoms with van der Waals surface area (Å²) in [5.74, 6) is -3.34. The molecule has 0 aliphatic heterocycles. The molecule has 0 aromatic heterocycles. The lowest BCUT2D eigenvalue weighted by molar-refractivity contribution is -0.161. The Labute approximate surface area is 187 Å². The molecule has 33 heavy (non-hydrogen) atoms. The molecule has 1 unspecified atom stereocenters. The van der Waals surface area contributed by atoms with Gasteiger partial charge in [-0.3, -0.25) is 0 Å². The maximum atomic E-state index is 13.3. The Kier molecular flexibility index (Phi) is 8.06. The predicted molar refractivity (Wildman–Crippen MR) is 101 cm³/mol. The number of alkyl halides is 6. The molecular weight excluding hydrogens is 486 g/mol. The van der Waals surface area contributed by atoms with Gasteiger partial charge in [-0.05, 0) is 31.2 Å². The number of hydrogen-bond acceptors (Lipinski definition) is 6. The SMILES string of the molecule is COC(=O)C(C)Oc1ccccc1Oc1ccc(C(F)(F)F)c(C(=O)OCC(F)(F)F)c1Cl. The van der Waals surface area contributed by atoms with Crippen molar-refractivity contribution in [3.05, 3.63) is 52.5 Å². The smallest absolute Gasteiger partial charge is 0.422 e. The Morgan fingerprint density at radius 2 is 1.58 bits per heavy atom. The molecule has 0 amide bonds. The molecular formula is C20H15ClF6O6. The molecule has 0 bridgehead atoms. The fraction of sp³-hybridized carbons (Fsp3) is 0.300. The molecule has 13 heteroatoms. The molecule has 0 heterocycles. The Balaban J connectivity index is 2.45. The number of carbonyl (C=O) groups is 2. The normalized spacial score (nSPS) is 12.6. The first-order valence-corrected chi connectivity index (χ1v) is 9.27. The van der Waals surface area contributed by atoms with Crippen LogP contribution in [0.3, 0.4) is 0 Å². The van der Waals surface area contributed by atoms with Gasteiger partial charge in [-0.2, -0.15) is 26.3 Å². The lowest BCUT2D eigenvalue weighted by atomic mass is 10.1. The van der Waals surface area contributed by atoms with Gasteiger partial charge < -0.3 is 18.9 Å². The summed E-state index contributed by atoms with van der Waals surface area (Å²) >= 11 is 5.92. The second kappa shape index (κ2) is 10.2. The van der Waals surface area contributed by atoms with Crippen LogP contribution in [0.2, 0.25) is 5.02 Å². The number of methoxy groups -OCH3 is 1. The van der Waals surface area contributed by atoms with Gasteiger partial charge in [0.2, 0.25) is 0 Å². The Bertz CT molecular complexity index is 1020. The van der Waals surface area contributed by atoms with Crippen molar-refractivity contribution < 1.29 is 54.9 Å². The van der Waals surface area contributed by atoms with E-state index in [0.717, 1.165) is 13.2 Å². The van der Waals surface area contributed by atoms with Gasteiger partial charge in [-0.1, -0.05) is 23.7 Å². The molecule has 2 aromatic carbocycles. The second-order valence-corrected chi connectivity index (χ2v) is 6.70. The van der Waals surface area contributed by atoms with Gasteiger partial charge in [-0.25, -0.2) is 9.59 Å². The average molecular weight is 501 g/mol. The molecule has 0 saturated carbocycles. The zero-order chi connectivity index (χ0) is 25.0. The molecule has 0 aliphatic carbocycles. The number of carbonyl (C=O) groups excluding carboxylic acids is 2. The van der Waals surface area contributed by atoms with Crippen LogP contribution in [0.1, 0.15) is 22.8 Å². The van der Waals surface area contributed by atoms with Crippen LogP contribution in [0.5, 0.6) is 17.2 Å². The van der Waals surface area contributed by atoms with E-state index in [1.54, 1.807) is 0 Å². The average Bonchev–Trinajstić information content (AvgIpc) is 2.72. The first-order chi connectivity index (χ1) is 15.2. The Hall–Kier alpha value is -3.15. The number of benzene rings is 2. The van der Waals surface area contributed by atoms with Crippen LogP contribution in [0.25, 0.3) is 0 Å². The van der Waals surface area contributed by atoms with Crippen LogP contribution in [0.4, 0.5) is 26.3 Å². The lowest BCUT2D eigenvalue weighted by Crippen LogP contribution is -2.25. The Morgan fingerprint density at radius 3 is 2.12 bits per heavy atom. The molecule has 0 N–H and O–H groups in total. The van der Waals surface area contributed by atoms with Crippen molar-refractivity contribution in [2.75, 3.05) is 13.7 Å². The van der Waals surface area contributed by atoms with Crippen molar-refractivity contribution in [3.63, 3.8) is 0 Å². The third-order valence-electron chi connectivity index (χ3n) is 3.89. The van der Waals surface area contributed by atoms with Gasteiger partial charge in [0.1, 0.15) is 5.75 Å². The summed E-state index contributed by atoms with van der Waals surface area (Å²) in [6, 6.07) is 6.82. The van der Waals surface area contributed by atoms with Gasteiger partial charge >= 0.3 is 24.3 Å². The summed E-state index contributed by atoms with van der Waals surface area (Å²) in [4.78, 5) is 23.6. The molecule has 2 aromatic rings. The van der Waals surface area contributed by atoms with E-state index in [4.69, 9.17) is 21.1 Å². The fourth-order valence-electron chi connectivity index (χ4n) is 2.45. The summed E-state index contributed by atoms with van der Waals surface area (Å²) in [6.07, 6.45) is -11.2. The zero-order valence-electron chi connectivity index (χ0n) is 16.8. The van der Waals surface area contributed by atoms with Crippen molar-refractivity contribution >= 4 is 23.5 Å². The van der Waals surface area contributed by atoms with Gasteiger partial charge in [0, 0.05) is 0 Å². The third-order valence-corrected chi connectivity index (χ3v) is 4.26. The van der Waals surface area contributed by atoms with Crippen molar-refractivity contribution in [1.82, 2.24) is 0 Å². The van der Waals surface area contributed by atoms with Gasteiger partial charge in [0.05, 0.1) is 23.3 Å². The van der Waals surface area contributed by atoms with E-state index in [-0.39, 0.29) is 11.5 Å². The number of rotatable bonds is 7. The summed E-state index contributed by atoms with van der Waals surface area (Å²) in [6.45, 7) is -0.755. The number of hydrogen-bond donors (Lipinski definition) is 0. The lowest BCUT2D eigenvalue weighted by Gasteiger charge is -2.19. The quantitative estimate of drug-likeness (QED) is 0.353. The molecule has 0 aliphatic rings. The van der Waals surface area contributed by atoms with E-state index in [1.807, 2.05) is 0 Å². The number of esters is 2. The molecule has 0 saturated heterocycles. The molecule has 2 rings (SSSR count). The number of para-hydroxylation sites is 2. The highest BCUT2D eigenvalue weighted by Crippen LogP contribution is 2.42. The molecule has 0 spiro atoms. The maximum Gasteiger partial charge on any atom is 0.422 e. The molecule has 0 radical (unpaired) electrons. The highest BCUT2D eigenvalue weighted by Gasteiger charge is 2.39. The first-order valence-electron chi connectivity index (χ1n) is 8.89.